The zero-order valence-electron chi connectivity index (χ0n) is 9.20. The SMILES string of the molecule is C=CCNc1nnc(Sc2ccc(C#N)nn2)s1. The third-order valence-electron chi connectivity index (χ3n) is 1.75. The number of hydrogen-bond acceptors (Lipinski definition) is 8. The predicted octanol–water partition coefficient (Wildman–Crippen LogP) is 1.95. The van der Waals surface area contributed by atoms with Crippen LogP contribution in [0, 0.1) is 11.3 Å². The highest BCUT2D eigenvalue weighted by molar-refractivity contribution is 8.01. The summed E-state index contributed by atoms with van der Waals surface area (Å²) in [6.45, 7) is 4.26. The predicted molar refractivity (Wildman–Crippen MR) is 69.5 cm³/mol. The minimum Gasteiger partial charge on any atom is -0.357 e. The van der Waals surface area contributed by atoms with Gasteiger partial charge in [0.2, 0.25) is 5.13 Å². The number of nitrogens with one attached hydrogen (secondary N) is 1. The van der Waals surface area contributed by atoms with Crippen LogP contribution in [0.5, 0.6) is 0 Å². The molecule has 18 heavy (non-hydrogen) atoms. The van der Waals surface area contributed by atoms with Crippen molar-refractivity contribution in [3.8, 4) is 6.07 Å². The Morgan fingerprint density at radius 1 is 1.39 bits per heavy atom. The van der Waals surface area contributed by atoms with Crippen molar-refractivity contribution in [3.05, 3.63) is 30.5 Å². The van der Waals surface area contributed by atoms with Gasteiger partial charge in [0.15, 0.2) is 10.0 Å². The summed E-state index contributed by atoms with van der Waals surface area (Å²) in [5.74, 6) is 0. The lowest BCUT2D eigenvalue weighted by Crippen LogP contribution is -1.96. The molecule has 1 N–H and O–H groups in total. The maximum atomic E-state index is 8.61. The maximum Gasteiger partial charge on any atom is 0.206 e. The van der Waals surface area contributed by atoms with E-state index in [0.29, 0.717) is 17.3 Å². The largest absolute Gasteiger partial charge is 0.357 e. The molecular weight excluding hydrogens is 268 g/mol. The maximum absolute atomic E-state index is 8.61. The van der Waals surface area contributed by atoms with E-state index in [2.05, 4.69) is 32.3 Å². The van der Waals surface area contributed by atoms with E-state index < -0.39 is 0 Å². The van der Waals surface area contributed by atoms with E-state index in [9.17, 15) is 0 Å². The van der Waals surface area contributed by atoms with Gasteiger partial charge >= 0.3 is 0 Å². The fourth-order valence-electron chi connectivity index (χ4n) is 1.01. The Kier molecular flexibility index (Phi) is 4.22. The van der Waals surface area contributed by atoms with Gasteiger partial charge in [0.05, 0.1) is 0 Å². The second kappa shape index (κ2) is 6.09. The van der Waals surface area contributed by atoms with Crippen LogP contribution in [0.4, 0.5) is 5.13 Å². The van der Waals surface area contributed by atoms with E-state index in [1.807, 2.05) is 6.07 Å². The summed E-state index contributed by atoms with van der Waals surface area (Å²) in [6, 6.07) is 5.27. The molecule has 8 heteroatoms. The Bertz CT molecular complexity index is 571. The minimum absolute atomic E-state index is 0.296. The monoisotopic (exact) mass is 276 g/mol. The van der Waals surface area contributed by atoms with Crippen LogP contribution in [-0.4, -0.2) is 26.9 Å². The molecule has 2 aromatic heterocycles. The smallest absolute Gasteiger partial charge is 0.206 e. The standard InChI is InChI=1S/C10H8N6S2/c1-2-5-12-9-15-16-10(18-9)17-8-4-3-7(6-11)13-14-8/h2-4H,1,5H2,(H,12,15). The number of nitrogens with zero attached hydrogens (tertiary/aromatic N) is 5. The van der Waals surface area contributed by atoms with E-state index in [1.54, 1.807) is 18.2 Å². The van der Waals surface area contributed by atoms with Gasteiger partial charge in [-0.2, -0.15) is 5.26 Å². The zero-order chi connectivity index (χ0) is 12.8. The molecule has 0 aromatic carbocycles. The van der Waals surface area contributed by atoms with Gasteiger partial charge in [-0.3, -0.25) is 0 Å². The second-order valence-corrected chi connectivity index (χ2v) is 5.26. The fraction of sp³-hybridized carbons (Fsp3) is 0.100. The van der Waals surface area contributed by atoms with E-state index in [0.717, 1.165) is 9.47 Å². The molecule has 0 saturated heterocycles. The molecule has 0 aliphatic heterocycles. The first kappa shape index (κ1) is 12.5. The Balaban J connectivity index is 2.02. The first-order valence-electron chi connectivity index (χ1n) is 4.92. The molecule has 0 aliphatic carbocycles. The summed E-state index contributed by atoms with van der Waals surface area (Å²) in [5.41, 5.74) is 0.296. The van der Waals surface area contributed by atoms with Crippen LogP contribution in [0.2, 0.25) is 0 Å². The number of anilines is 1. The van der Waals surface area contributed by atoms with Crippen LogP contribution in [0.3, 0.4) is 0 Å². The lowest BCUT2D eigenvalue weighted by Gasteiger charge is -1.94. The molecule has 0 unspecified atom stereocenters. The highest BCUT2D eigenvalue weighted by atomic mass is 32.2. The summed E-state index contributed by atoms with van der Waals surface area (Å²) in [6.07, 6.45) is 1.75. The molecular formula is C10H8N6S2. The van der Waals surface area contributed by atoms with E-state index in [4.69, 9.17) is 5.26 Å². The van der Waals surface area contributed by atoms with Gasteiger partial charge in [-0.05, 0) is 23.9 Å². The molecule has 2 rings (SSSR count). The molecule has 0 spiro atoms. The van der Waals surface area contributed by atoms with Crippen molar-refractivity contribution in [2.45, 2.75) is 9.37 Å². The summed E-state index contributed by atoms with van der Waals surface area (Å²) in [7, 11) is 0. The molecule has 2 aromatic rings. The van der Waals surface area contributed by atoms with Gasteiger partial charge in [0, 0.05) is 6.54 Å². The van der Waals surface area contributed by atoms with Crippen LogP contribution in [0.25, 0.3) is 0 Å². The Morgan fingerprint density at radius 2 is 2.28 bits per heavy atom. The molecule has 0 aliphatic rings. The van der Waals surface area contributed by atoms with Crippen molar-refractivity contribution < 1.29 is 0 Å². The third-order valence-corrected chi connectivity index (χ3v) is 3.61. The van der Waals surface area contributed by atoms with Crippen LogP contribution in [0.15, 0.2) is 34.2 Å². The summed E-state index contributed by atoms with van der Waals surface area (Å²) >= 11 is 2.78. The first-order valence-corrected chi connectivity index (χ1v) is 6.55. The topological polar surface area (TPSA) is 87.4 Å². The minimum atomic E-state index is 0.296. The van der Waals surface area contributed by atoms with Gasteiger partial charge in [-0.15, -0.1) is 27.0 Å². The average molecular weight is 276 g/mol. The Morgan fingerprint density at radius 3 is 2.94 bits per heavy atom. The molecule has 0 atom stereocenters. The Labute approximate surface area is 112 Å². The molecule has 6 nitrogen and oxygen atoms in total. The van der Waals surface area contributed by atoms with Crippen molar-refractivity contribution >= 4 is 28.2 Å². The highest BCUT2D eigenvalue weighted by Gasteiger charge is 2.06. The van der Waals surface area contributed by atoms with Crippen molar-refractivity contribution in [1.82, 2.24) is 20.4 Å². The van der Waals surface area contributed by atoms with Gasteiger partial charge in [0.25, 0.3) is 0 Å². The Hall–Kier alpha value is -1.98. The van der Waals surface area contributed by atoms with E-state index >= 15 is 0 Å². The quantitative estimate of drug-likeness (QED) is 0.835. The summed E-state index contributed by atoms with van der Waals surface area (Å²) < 4.78 is 0.764. The van der Waals surface area contributed by atoms with Crippen molar-refractivity contribution in [1.29, 1.82) is 5.26 Å². The van der Waals surface area contributed by atoms with Gasteiger partial charge in [-0.25, -0.2) is 0 Å². The van der Waals surface area contributed by atoms with Gasteiger partial charge < -0.3 is 5.32 Å². The van der Waals surface area contributed by atoms with Crippen LogP contribution >= 0.6 is 23.1 Å². The van der Waals surface area contributed by atoms with Crippen molar-refractivity contribution in [2.24, 2.45) is 0 Å². The summed E-state index contributed by atoms with van der Waals surface area (Å²) in [5, 5.41) is 28.7. The molecule has 0 amide bonds. The number of hydrogen-bond donors (Lipinski definition) is 1. The average Bonchev–Trinajstić information content (AvgIpc) is 2.85. The summed E-state index contributed by atoms with van der Waals surface area (Å²) in [4.78, 5) is 0. The molecule has 0 saturated carbocycles. The molecule has 2 heterocycles. The van der Waals surface area contributed by atoms with Gasteiger partial charge in [0.1, 0.15) is 11.1 Å². The normalized spacial score (nSPS) is 9.72. The van der Waals surface area contributed by atoms with E-state index in [-0.39, 0.29) is 0 Å². The number of nitriles is 1. The third kappa shape index (κ3) is 3.26. The van der Waals surface area contributed by atoms with Crippen molar-refractivity contribution in [2.75, 3.05) is 11.9 Å². The fourth-order valence-corrected chi connectivity index (χ4v) is 2.63. The lowest BCUT2D eigenvalue weighted by molar-refractivity contribution is 0.911. The number of aromatic nitrogens is 4. The molecule has 0 radical (unpaired) electrons. The van der Waals surface area contributed by atoms with Crippen LogP contribution in [-0.2, 0) is 0 Å². The van der Waals surface area contributed by atoms with E-state index in [1.165, 1.54) is 23.1 Å². The zero-order valence-corrected chi connectivity index (χ0v) is 10.8. The van der Waals surface area contributed by atoms with Crippen LogP contribution < -0.4 is 5.32 Å². The lowest BCUT2D eigenvalue weighted by atomic mass is 10.4. The van der Waals surface area contributed by atoms with Gasteiger partial charge in [-0.1, -0.05) is 17.4 Å². The molecule has 0 fully saturated rings. The van der Waals surface area contributed by atoms with Crippen LogP contribution in [0.1, 0.15) is 5.69 Å². The highest BCUT2D eigenvalue weighted by Crippen LogP contribution is 2.30. The molecule has 0 bridgehead atoms. The van der Waals surface area contributed by atoms with Crippen molar-refractivity contribution in [3.63, 3.8) is 0 Å². The molecule has 90 valence electrons. The second-order valence-electron chi connectivity index (χ2n) is 3.01. The number of rotatable bonds is 5. The first-order chi connectivity index (χ1) is 8.81.